The lowest BCUT2D eigenvalue weighted by Gasteiger charge is -2.02. The maximum absolute atomic E-state index is 12.2. The van der Waals surface area contributed by atoms with Gasteiger partial charge in [0.2, 0.25) is 0 Å². The van der Waals surface area contributed by atoms with Crippen LogP contribution in [0.2, 0.25) is 0 Å². The topological polar surface area (TPSA) is 60.1 Å². The molecule has 3 heterocycles. The van der Waals surface area contributed by atoms with Crippen molar-refractivity contribution in [3.8, 4) is 0 Å². The fourth-order valence-electron chi connectivity index (χ4n) is 1.72. The minimum absolute atomic E-state index is 0.149. The lowest BCUT2D eigenvalue weighted by Crippen LogP contribution is -2.19. The van der Waals surface area contributed by atoms with E-state index in [1.54, 1.807) is 31.6 Å². The van der Waals surface area contributed by atoms with Crippen LogP contribution in [0.3, 0.4) is 0 Å². The van der Waals surface area contributed by atoms with Crippen LogP contribution in [0, 0.1) is 6.92 Å². The monoisotopic (exact) mass is 270 g/mol. The highest BCUT2D eigenvalue weighted by Crippen LogP contribution is 2.14. The molecule has 6 heteroatoms. The van der Waals surface area contributed by atoms with Crippen LogP contribution in [0.25, 0.3) is 10.2 Å². The Kier molecular flexibility index (Phi) is 2.92. The van der Waals surface area contributed by atoms with Gasteiger partial charge in [0.15, 0.2) is 0 Å². The Morgan fingerprint density at radius 3 is 3.11 bits per heavy atom. The number of aromatic nitrogens is 3. The minimum atomic E-state index is -0.149. The number of nitrogens with zero attached hydrogens (tertiary/aromatic N) is 4. The summed E-state index contributed by atoms with van der Waals surface area (Å²) in [4.78, 5) is 21.3. The number of fused-ring (bicyclic) bond motifs is 1. The summed E-state index contributed by atoms with van der Waals surface area (Å²) < 4.78 is 1.31. The van der Waals surface area contributed by atoms with E-state index in [0.717, 1.165) is 10.4 Å². The zero-order chi connectivity index (χ0) is 13.2. The van der Waals surface area contributed by atoms with Crippen molar-refractivity contribution in [2.75, 3.05) is 0 Å². The highest BCUT2D eigenvalue weighted by molar-refractivity contribution is 7.16. The van der Waals surface area contributed by atoms with E-state index in [4.69, 9.17) is 0 Å². The maximum Gasteiger partial charge on any atom is 0.282 e. The Hall–Kier alpha value is -2.34. The van der Waals surface area contributed by atoms with E-state index in [2.05, 4.69) is 15.1 Å². The zero-order valence-electron chi connectivity index (χ0n) is 10.1. The predicted molar refractivity (Wildman–Crippen MR) is 75.8 cm³/mol. The van der Waals surface area contributed by atoms with E-state index < -0.39 is 0 Å². The van der Waals surface area contributed by atoms with Crippen molar-refractivity contribution in [3.05, 3.63) is 57.7 Å². The van der Waals surface area contributed by atoms with Crippen LogP contribution < -0.4 is 5.56 Å². The van der Waals surface area contributed by atoms with Crippen molar-refractivity contribution in [2.24, 2.45) is 5.10 Å². The average Bonchev–Trinajstić information content (AvgIpc) is 2.88. The second-order valence-corrected chi connectivity index (χ2v) is 4.84. The summed E-state index contributed by atoms with van der Waals surface area (Å²) >= 11 is 1.45. The van der Waals surface area contributed by atoms with E-state index in [9.17, 15) is 4.79 Å². The predicted octanol–water partition coefficient (Wildman–Crippen LogP) is 2.04. The zero-order valence-corrected chi connectivity index (χ0v) is 11.0. The van der Waals surface area contributed by atoms with Crippen LogP contribution in [-0.2, 0) is 0 Å². The molecule has 3 aromatic heterocycles. The quantitative estimate of drug-likeness (QED) is 0.669. The van der Waals surface area contributed by atoms with Crippen molar-refractivity contribution in [1.29, 1.82) is 0 Å². The number of aryl methyl sites for hydroxylation is 1. The van der Waals surface area contributed by atoms with Gasteiger partial charge in [-0.1, -0.05) is 6.07 Å². The molecule has 0 fully saturated rings. The molecule has 0 aliphatic rings. The normalized spacial score (nSPS) is 11.4. The molecule has 3 rings (SSSR count). The number of pyridine rings is 1. The molecular formula is C13H10N4OS. The van der Waals surface area contributed by atoms with Crippen LogP contribution in [0.1, 0.15) is 11.4 Å². The molecule has 0 aliphatic carbocycles. The van der Waals surface area contributed by atoms with Gasteiger partial charge < -0.3 is 0 Å². The van der Waals surface area contributed by atoms with Gasteiger partial charge in [0, 0.05) is 18.0 Å². The fraction of sp³-hybridized carbons (Fsp3) is 0.0769. The molecular weight excluding hydrogens is 260 g/mol. The number of hydrogen-bond donors (Lipinski definition) is 0. The highest BCUT2D eigenvalue weighted by Gasteiger charge is 2.07. The molecule has 5 nitrogen and oxygen atoms in total. The van der Waals surface area contributed by atoms with Crippen LogP contribution in [0.4, 0.5) is 0 Å². The first-order valence-corrected chi connectivity index (χ1v) is 6.55. The van der Waals surface area contributed by atoms with Crippen molar-refractivity contribution >= 4 is 27.8 Å². The standard InChI is InChI=1S/C13H10N4OS/c1-9-16-12-11(4-6-19-12)13(18)17(9)15-8-10-3-2-5-14-7-10/h2-8H,1H3/b15-8-. The van der Waals surface area contributed by atoms with Crippen molar-refractivity contribution in [1.82, 2.24) is 14.6 Å². The number of rotatable bonds is 2. The third kappa shape index (κ3) is 2.17. The number of thiophene rings is 1. The molecule has 0 N–H and O–H groups in total. The molecule has 94 valence electrons. The van der Waals surface area contributed by atoms with E-state index in [1.165, 1.54) is 16.0 Å². The fourth-order valence-corrected chi connectivity index (χ4v) is 2.52. The summed E-state index contributed by atoms with van der Waals surface area (Å²) in [6.07, 6.45) is 4.97. The molecule has 0 unspecified atom stereocenters. The SMILES string of the molecule is Cc1nc2sccc2c(=O)n1/N=C\c1cccnc1. The first-order chi connectivity index (χ1) is 9.25. The molecule has 0 aromatic carbocycles. The van der Waals surface area contributed by atoms with Gasteiger partial charge in [-0.25, -0.2) is 4.98 Å². The summed E-state index contributed by atoms with van der Waals surface area (Å²) in [7, 11) is 0. The molecule has 19 heavy (non-hydrogen) atoms. The molecule has 0 radical (unpaired) electrons. The molecule has 0 saturated heterocycles. The van der Waals surface area contributed by atoms with E-state index >= 15 is 0 Å². The largest absolute Gasteiger partial charge is 0.282 e. The third-order valence-electron chi connectivity index (χ3n) is 2.64. The van der Waals surface area contributed by atoms with Gasteiger partial charge in [-0.05, 0) is 24.4 Å². The van der Waals surface area contributed by atoms with Crippen molar-refractivity contribution in [2.45, 2.75) is 6.92 Å². The summed E-state index contributed by atoms with van der Waals surface area (Å²) in [6, 6.07) is 5.45. The van der Waals surface area contributed by atoms with Gasteiger partial charge in [-0.2, -0.15) is 9.78 Å². The Morgan fingerprint density at radius 1 is 1.42 bits per heavy atom. The Balaban J connectivity index is 2.10. The molecule has 0 atom stereocenters. The van der Waals surface area contributed by atoms with Gasteiger partial charge in [0.1, 0.15) is 10.7 Å². The van der Waals surface area contributed by atoms with Gasteiger partial charge in [-0.15, -0.1) is 11.3 Å². The molecule has 0 saturated carbocycles. The van der Waals surface area contributed by atoms with Crippen LogP contribution in [0.15, 0.2) is 45.9 Å². The molecule has 0 aliphatic heterocycles. The van der Waals surface area contributed by atoms with E-state index in [1.807, 2.05) is 17.5 Å². The lowest BCUT2D eigenvalue weighted by molar-refractivity contribution is 0.772. The second-order valence-electron chi connectivity index (χ2n) is 3.95. The Labute approximate surface area is 112 Å². The summed E-state index contributed by atoms with van der Waals surface area (Å²) in [5, 5.41) is 6.64. The maximum atomic E-state index is 12.2. The molecule has 0 amide bonds. The van der Waals surface area contributed by atoms with Gasteiger partial charge >= 0.3 is 0 Å². The smallest absolute Gasteiger partial charge is 0.267 e. The van der Waals surface area contributed by atoms with Crippen LogP contribution >= 0.6 is 11.3 Å². The Morgan fingerprint density at radius 2 is 2.32 bits per heavy atom. The minimum Gasteiger partial charge on any atom is -0.267 e. The Bertz CT molecular complexity index is 804. The van der Waals surface area contributed by atoms with Gasteiger partial charge in [-0.3, -0.25) is 9.78 Å². The molecule has 0 spiro atoms. The van der Waals surface area contributed by atoms with Crippen LogP contribution in [-0.4, -0.2) is 20.9 Å². The van der Waals surface area contributed by atoms with Crippen LogP contribution in [0.5, 0.6) is 0 Å². The van der Waals surface area contributed by atoms with E-state index in [0.29, 0.717) is 11.2 Å². The first kappa shape index (κ1) is 11.7. The average molecular weight is 270 g/mol. The highest BCUT2D eigenvalue weighted by atomic mass is 32.1. The second kappa shape index (κ2) is 4.74. The first-order valence-electron chi connectivity index (χ1n) is 5.67. The van der Waals surface area contributed by atoms with Gasteiger partial charge in [0.05, 0.1) is 11.6 Å². The number of hydrogen-bond acceptors (Lipinski definition) is 5. The lowest BCUT2D eigenvalue weighted by atomic mass is 10.3. The van der Waals surface area contributed by atoms with Crippen molar-refractivity contribution in [3.63, 3.8) is 0 Å². The third-order valence-corrected chi connectivity index (χ3v) is 3.45. The molecule has 0 bridgehead atoms. The summed E-state index contributed by atoms with van der Waals surface area (Å²) in [5.74, 6) is 0.570. The summed E-state index contributed by atoms with van der Waals surface area (Å²) in [6.45, 7) is 1.77. The molecule has 3 aromatic rings. The summed E-state index contributed by atoms with van der Waals surface area (Å²) in [5.41, 5.74) is 0.683. The van der Waals surface area contributed by atoms with E-state index in [-0.39, 0.29) is 5.56 Å². The van der Waals surface area contributed by atoms with Gasteiger partial charge in [0.25, 0.3) is 5.56 Å². The van der Waals surface area contributed by atoms with Crippen molar-refractivity contribution < 1.29 is 0 Å².